The monoisotopic (exact) mass is 301 g/mol. The summed E-state index contributed by atoms with van der Waals surface area (Å²) in [5.41, 5.74) is 2.88. The summed E-state index contributed by atoms with van der Waals surface area (Å²) in [7, 11) is 1.77. The first kappa shape index (κ1) is 17.6. The van der Waals surface area contributed by atoms with E-state index in [0.29, 0.717) is 11.3 Å². The molecule has 121 valence electrons. The molecular weight excluding hydrogens is 271 g/mol. The highest BCUT2D eigenvalue weighted by molar-refractivity contribution is 6.47. The SMILES string of the molecule is CC(C)(C)CC1Cc2cc([B]OC(C)(C)C(C)(C)O)ccc21. The lowest BCUT2D eigenvalue weighted by atomic mass is 9.68. The maximum Gasteiger partial charge on any atom is 0.330 e. The van der Waals surface area contributed by atoms with Gasteiger partial charge in [0.05, 0.1) is 11.2 Å². The lowest BCUT2D eigenvalue weighted by molar-refractivity contribution is -0.0893. The molecule has 1 aromatic rings. The number of rotatable bonds is 5. The van der Waals surface area contributed by atoms with E-state index in [1.165, 1.54) is 24.0 Å². The van der Waals surface area contributed by atoms with Crippen LogP contribution in [0.5, 0.6) is 0 Å². The highest BCUT2D eigenvalue weighted by Gasteiger charge is 2.36. The molecule has 1 radical (unpaired) electrons. The molecule has 0 fully saturated rings. The van der Waals surface area contributed by atoms with Gasteiger partial charge in [-0.2, -0.15) is 0 Å². The van der Waals surface area contributed by atoms with Gasteiger partial charge in [0.25, 0.3) is 0 Å². The van der Waals surface area contributed by atoms with Crippen LogP contribution in [0.1, 0.15) is 71.9 Å². The van der Waals surface area contributed by atoms with E-state index in [4.69, 9.17) is 4.65 Å². The van der Waals surface area contributed by atoms with Crippen molar-refractivity contribution in [2.24, 2.45) is 5.41 Å². The lowest BCUT2D eigenvalue weighted by Crippen LogP contribution is -2.49. The molecule has 0 heterocycles. The van der Waals surface area contributed by atoms with E-state index in [1.54, 1.807) is 21.3 Å². The summed E-state index contributed by atoms with van der Waals surface area (Å²) < 4.78 is 5.83. The molecule has 1 N–H and O–H groups in total. The molecule has 0 bridgehead atoms. The van der Waals surface area contributed by atoms with Crippen molar-refractivity contribution in [2.45, 2.75) is 78.4 Å². The van der Waals surface area contributed by atoms with Crippen LogP contribution < -0.4 is 5.46 Å². The Labute approximate surface area is 136 Å². The van der Waals surface area contributed by atoms with Crippen molar-refractivity contribution in [1.29, 1.82) is 0 Å². The number of benzene rings is 1. The van der Waals surface area contributed by atoms with Gasteiger partial charge in [0, 0.05) is 0 Å². The van der Waals surface area contributed by atoms with Crippen molar-refractivity contribution in [3.63, 3.8) is 0 Å². The largest absolute Gasteiger partial charge is 0.427 e. The van der Waals surface area contributed by atoms with Gasteiger partial charge in [-0.3, -0.25) is 0 Å². The van der Waals surface area contributed by atoms with Crippen molar-refractivity contribution < 1.29 is 9.76 Å². The van der Waals surface area contributed by atoms with Crippen LogP contribution in [0.2, 0.25) is 0 Å². The fourth-order valence-corrected chi connectivity index (χ4v) is 2.80. The van der Waals surface area contributed by atoms with Crippen molar-refractivity contribution in [1.82, 2.24) is 0 Å². The Balaban J connectivity index is 1.99. The Bertz CT molecular complexity index is 535. The third kappa shape index (κ3) is 3.94. The number of aliphatic hydroxyl groups is 1. The van der Waals surface area contributed by atoms with Gasteiger partial charge in [-0.25, -0.2) is 0 Å². The molecule has 2 nitrogen and oxygen atoms in total. The summed E-state index contributed by atoms with van der Waals surface area (Å²) in [5.74, 6) is 0.706. The summed E-state index contributed by atoms with van der Waals surface area (Å²) in [5, 5.41) is 10.1. The highest BCUT2D eigenvalue weighted by Crippen LogP contribution is 2.42. The minimum absolute atomic E-state index is 0.382. The minimum atomic E-state index is -0.888. The standard InChI is InChI=1S/C19H30BO2/c1-17(2,3)12-14-10-13-11-15(8-9-16(13)14)20-22-19(6,7)18(4,5)21/h8-9,11,14,21H,10,12H2,1-7H3. The van der Waals surface area contributed by atoms with Gasteiger partial charge in [0.15, 0.2) is 0 Å². The topological polar surface area (TPSA) is 29.5 Å². The summed E-state index contributed by atoms with van der Waals surface area (Å²) in [6.45, 7) is 14.3. The maximum atomic E-state index is 10.1. The molecule has 0 saturated carbocycles. The molecule has 3 heteroatoms. The van der Waals surface area contributed by atoms with Crippen molar-refractivity contribution in [3.05, 3.63) is 29.3 Å². The van der Waals surface area contributed by atoms with Crippen LogP contribution in [0.25, 0.3) is 0 Å². The predicted molar refractivity (Wildman–Crippen MR) is 93.8 cm³/mol. The Kier molecular flexibility index (Phi) is 4.54. The molecule has 0 amide bonds. The van der Waals surface area contributed by atoms with Crippen LogP contribution in [0.15, 0.2) is 18.2 Å². The molecule has 1 aliphatic rings. The molecule has 0 spiro atoms. The summed E-state index contributed by atoms with van der Waals surface area (Å²) in [4.78, 5) is 0. The fraction of sp³-hybridized carbons (Fsp3) is 0.684. The normalized spacial score (nSPS) is 18.6. The van der Waals surface area contributed by atoms with Crippen LogP contribution in [-0.4, -0.2) is 23.8 Å². The van der Waals surface area contributed by atoms with E-state index in [9.17, 15) is 5.11 Å². The molecule has 1 unspecified atom stereocenters. The van der Waals surface area contributed by atoms with Gasteiger partial charge in [-0.15, -0.1) is 0 Å². The lowest BCUT2D eigenvalue weighted by Gasteiger charge is -2.38. The van der Waals surface area contributed by atoms with Gasteiger partial charge < -0.3 is 9.76 Å². The first-order valence-corrected chi connectivity index (χ1v) is 8.25. The molecule has 1 atom stereocenters. The third-order valence-corrected chi connectivity index (χ3v) is 4.89. The number of hydrogen-bond donors (Lipinski definition) is 1. The second-order valence-electron chi connectivity index (χ2n) is 8.93. The van der Waals surface area contributed by atoms with Crippen molar-refractivity contribution in [3.8, 4) is 0 Å². The Morgan fingerprint density at radius 2 is 1.77 bits per heavy atom. The minimum Gasteiger partial charge on any atom is -0.427 e. The zero-order valence-electron chi connectivity index (χ0n) is 15.2. The van der Waals surface area contributed by atoms with E-state index >= 15 is 0 Å². The Morgan fingerprint density at radius 3 is 2.27 bits per heavy atom. The molecule has 0 saturated heterocycles. The second kappa shape index (κ2) is 5.69. The summed E-state index contributed by atoms with van der Waals surface area (Å²) >= 11 is 0. The molecule has 1 aromatic carbocycles. The van der Waals surface area contributed by atoms with Gasteiger partial charge in [0.2, 0.25) is 0 Å². The van der Waals surface area contributed by atoms with Crippen LogP contribution in [0, 0.1) is 5.41 Å². The molecule has 22 heavy (non-hydrogen) atoms. The van der Waals surface area contributed by atoms with Gasteiger partial charge in [-0.1, -0.05) is 44.4 Å². The summed E-state index contributed by atoms with van der Waals surface area (Å²) in [6.07, 6.45) is 2.41. The first-order valence-electron chi connectivity index (χ1n) is 8.25. The van der Waals surface area contributed by atoms with Crippen molar-refractivity contribution >= 4 is 12.9 Å². The average molecular weight is 301 g/mol. The van der Waals surface area contributed by atoms with Gasteiger partial charge in [0.1, 0.15) is 0 Å². The molecule has 2 rings (SSSR count). The number of hydrogen-bond acceptors (Lipinski definition) is 2. The summed E-state index contributed by atoms with van der Waals surface area (Å²) in [6, 6.07) is 6.57. The molecule has 0 aliphatic heterocycles. The Morgan fingerprint density at radius 1 is 1.14 bits per heavy atom. The zero-order chi connectivity index (χ0) is 16.8. The fourth-order valence-electron chi connectivity index (χ4n) is 2.80. The van der Waals surface area contributed by atoms with Crippen molar-refractivity contribution in [2.75, 3.05) is 0 Å². The predicted octanol–water partition coefficient (Wildman–Crippen LogP) is 3.57. The van der Waals surface area contributed by atoms with Crippen LogP contribution in [0.4, 0.5) is 0 Å². The van der Waals surface area contributed by atoms with Crippen LogP contribution >= 0.6 is 0 Å². The number of fused-ring (bicyclic) bond motifs is 1. The molecule has 0 aromatic heterocycles. The zero-order valence-corrected chi connectivity index (χ0v) is 15.2. The third-order valence-electron chi connectivity index (χ3n) is 4.89. The first-order chi connectivity index (χ1) is 9.89. The van der Waals surface area contributed by atoms with Gasteiger partial charge in [-0.05, 0) is 63.0 Å². The van der Waals surface area contributed by atoms with Crippen LogP contribution in [0.3, 0.4) is 0 Å². The Hall–Kier alpha value is -0.795. The molecular formula is C19H30BO2. The average Bonchev–Trinajstić information content (AvgIpc) is 2.31. The maximum absolute atomic E-state index is 10.1. The highest BCUT2D eigenvalue weighted by atomic mass is 16.5. The quantitative estimate of drug-likeness (QED) is 0.842. The second-order valence-corrected chi connectivity index (χ2v) is 8.93. The van der Waals surface area contributed by atoms with E-state index in [-0.39, 0.29) is 0 Å². The van der Waals surface area contributed by atoms with E-state index in [2.05, 4.69) is 39.0 Å². The molecule has 1 aliphatic carbocycles. The smallest absolute Gasteiger partial charge is 0.330 e. The van der Waals surface area contributed by atoms with Gasteiger partial charge >= 0.3 is 7.48 Å². The van der Waals surface area contributed by atoms with E-state index in [1.807, 2.05) is 13.8 Å². The van der Waals surface area contributed by atoms with E-state index < -0.39 is 11.2 Å². The van der Waals surface area contributed by atoms with E-state index in [0.717, 1.165) is 5.46 Å². The van der Waals surface area contributed by atoms with Crippen LogP contribution in [-0.2, 0) is 11.1 Å².